The summed E-state index contributed by atoms with van der Waals surface area (Å²) in [6.07, 6.45) is 1.94. The average Bonchev–Trinajstić information content (AvgIpc) is 2.16. The van der Waals surface area contributed by atoms with Crippen LogP contribution in [0.3, 0.4) is 0 Å². The highest BCUT2D eigenvalue weighted by atomic mass is 79.9. The second kappa shape index (κ2) is 5.81. The third-order valence-electron chi connectivity index (χ3n) is 2.03. The topological polar surface area (TPSA) is 40.1 Å². The molecule has 0 aliphatic carbocycles. The summed E-state index contributed by atoms with van der Waals surface area (Å²) in [5.41, 5.74) is 1.98. The summed E-state index contributed by atoms with van der Waals surface area (Å²) in [5.74, 6) is -1.02. The molecule has 0 N–H and O–H groups in total. The molecule has 1 aromatic rings. The molecule has 0 saturated heterocycles. The second-order valence-electron chi connectivity index (χ2n) is 3.11. The van der Waals surface area contributed by atoms with Crippen molar-refractivity contribution in [2.75, 3.05) is 5.33 Å². The van der Waals surface area contributed by atoms with Crippen LogP contribution in [-0.4, -0.2) is 11.3 Å². The van der Waals surface area contributed by atoms with Gasteiger partial charge in [-0.1, -0.05) is 40.2 Å². The number of carbonyl (C=O) groups excluding carboxylic acids is 1. The van der Waals surface area contributed by atoms with E-state index in [0.29, 0.717) is 0 Å². The van der Waals surface area contributed by atoms with Crippen molar-refractivity contribution in [3.63, 3.8) is 0 Å². The van der Waals surface area contributed by atoms with E-state index in [4.69, 9.17) is 0 Å². The number of halogens is 1. The zero-order valence-corrected chi connectivity index (χ0v) is 9.42. The number of carboxylic acid groups (broad SMARTS) is 1. The molecule has 0 amide bonds. The first-order valence-electron chi connectivity index (χ1n) is 4.56. The van der Waals surface area contributed by atoms with Crippen LogP contribution in [0.1, 0.15) is 17.5 Å². The van der Waals surface area contributed by atoms with E-state index in [0.717, 1.165) is 29.3 Å². The molecule has 0 aromatic heterocycles. The maximum absolute atomic E-state index is 10.5. The molecule has 3 heteroatoms. The molecule has 76 valence electrons. The van der Waals surface area contributed by atoms with E-state index in [-0.39, 0.29) is 6.42 Å². The number of carboxylic acids is 1. The Balaban J connectivity index is 2.74. The van der Waals surface area contributed by atoms with Gasteiger partial charge in [0, 0.05) is 17.7 Å². The van der Waals surface area contributed by atoms with Gasteiger partial charge in [0.1, 0.15) is 0 Å². The number of hydrogen-bond donors (Lipinski definition) is 0. The summed E-state index contributed by atoms with van der Waals surface area (Å²) in [6, 6.07) is 7.61. The smallest absolute Gasteiger partial charge is 0.0458 e. The minimum absolute atomic E-state index is 0.0124. The SMILES string of the molecule is O=C([O-])Cc1ccccc1CCCBr. The van der Waals surface area contributed by atoms with E-state index in [1.54, 1.807) is 0 Å². The number of carbonyl (C=O) groups is 1. The van der Waals surface area contributed by atoms with E-state index in [2.05, 4.69) is 15.9 Å². The summed E-state index contributed by atoms with van der Waals surface area (Å²) >= 11 is 3.35. The Morgan fingerprint density at radius 2 is 1.93 bits per heavy atom. The summed E-state index contributed by atoms with van der Waals surface area (Å²) in [5, 5.41) is 11.4. The predicted molar refractivity (Wildman–Crippen MR) is 57.3 cm³/mol. The predicted octanol–water partition coefficient (Wildman–Crippen LogP) is 1.31. The Morgan fingerprint density at radius 1 is 1.29 bits per heavy atom. The van der Waals surface area contributed by atoms with Crippen molar-refractivity contribution in [1.82, 2.24) is 0 Å². The van der Waals surface area contributed by atoms with Gasteiger partial charge in [0.25, 0.3) is 0 Å². The monoisotopic (exact) mass is 255 g/mol. The van der Waals surface area contributed by atoms with Crippen LogP contribution in [0.4, 0.5) is 0 Å². The van der Waals surface area contributed by atoms with Crippen molar-refractivity contribution >= 4 is 21.9 Å². The molecule has 2 nitrogen and oxygen atoms in total. The molecule has 14 heavy (non-hydrogen) atoms. The van der Waals surface area contributed by atoms with Gasteiger partial charge in [0.05, 0.1) is 0 Å². The van der Waals surface area contributed by atoms with Crippen LogP contribution in [0.2, 0.25) is 0 Å². The van der Waals surface area contributed by atoms with Crippen LogP contribution in [0, 0.1) is 0 Å². The number of alkyl halides is 1. The number of aliphatic carboxylic acids is 1. The maximum atomic E-state index is 10.5. The second-order valence-corrected chi connectivity index (χ2v) is 3.90. The molecule has 0 spiro atoms. The van der Waals surface area contributed by atoms with E-state index in [1.165, 1.54) is 0 Å². The van der Waals surface area contributed by atoms with Crippen molar-refractivity contribution in [2.24, 2.45) is 0 Å². The van der Waals surface area contributed by atoms with Crippen molar-refractivity contribution in [3.8, 4) is 0 Å². The largest absolute Gasteiger partial charge is 0.550 e. The minimum atomic E-state index is -1.02. The highest BCUT2D eigenvalue weighted by Gasteiger charge is 2.01. The third kappa shape index (κ3) is 3.50. The molecular weight excluding hydrogens is 244 g/mol. The van der Waals surface area contributed by atoms with Crippen molar-refractivity contribution in [2.45, 2.75) is 19.3 Å². The molecule has 1 aromatic carbocycles. The van der Waals surface area contributed by atoms with Crippen LogP contribution in [-0.2, 0) is 17.6 Å². The number of hydrogen-bond acceptors (Lipinski definition) is 2. The fraction of sp³-hybridized carbons (Fsp3) is 0.364. The zero-order chi connectivity index (χ0) is 10.4. The molecule has 0 unspecified atom stereocenters. The molecule has 0 aliphatic rings. The molecule has 0 aliphatic heterocycles. The molecule has 1 rings (SSSR count). The Morgan fingerprint density at radius 3 is 2.50 bits per heavy atom. The number of rotatable bonds is 5. The molecule has 0 bridgehead atoms. The van der Waals surface area contributed by atoms with Crippen LogP contribution < -0.4 is 5.11 Å². The van der Waals surface area contributed by atoms with Crippen LogP contribution in [0.15, 0.2) is 24.3 Å². The molecule has 0 fully saturated rings. The first-order chi connectivity index (χ1) is 6.74. The fourth-order valence-electron chi connectivity index (χ4n) is 1.39. The average molecular weight is 256 g/mol. The van der Waals surface area contributed by atoms with Gasteiger partial charge in [0.15, 0.2) is 0 Å². The van der Waals surface area contributed by atoms with E-state index < -0.39 is 5.97 Å². The lowest BCUT2D eigenvalue weighted by Crippen LogP contribution is -2.24. The third-order valence-corrected chi connectivity index (χ3v) is 2.59. The van der Waals surface area contributed by atoms with Gasteiger partial charge in [-0.25, -0.2) is 0 Å². The lowest BCUT2D eigenvalue weighted by Gasteiger charge is -2.08. The van der Waals surface area contributed by atoms with Crippen molar-refractivity contribution in [3.05, 3.63) is 35.4 Å². The maximum Gasteiger partial charge on any atom is 0.0458 e. The normalized spacial score (nSPS) is 10.1. The zero-order valence-electron chi connectivity index (χ0n) is 7.83. The van der Waals surface area contributed by atoms with E-state index >= 15 is 0 Å². The minimum Gasteiger partial charge on any atom is -0.550 e. The summed E-state index contributed by atoms with van der Waals surface area (Å²) in [6.45, 7) is 0. The molecule has 0 saturated carbocycles. The van der Waals surface area contributed by atoms with Gasteiger partial charge in [-0.3, -0.25) is 0 Å². The molecule has 0 atom stereocenters. The summed E-state index contributed by atoms with van der Waals surface area (Å²) in [4.78, 5) is 10.5. The van der Waals surface area contributed by atoms with Crippen molar-refractivity contribution in [1.29, 1.82) is 0 Å². The van der Waals surface area contributed by atoms with Crippen molar-refractivity contribution < 1.29 is 9.90 Å². The Labute approximate surface area is 92.1 Å². The van der Waals surface area contributed by atoms with Gasteiger partial charge in [-0.05, 0) is 24.0 Å². The van der Waals surface area contributed by atoms with Gasteiger partial charge in [-0.15, -0.1) is 0 Å². The Kier molecular flexibility index (Phi) is 4.66. The Bertz CT molecular complexity index is 310. The van der Waals surface area contributed by atoms with E-state index in [9.17, 15) is 9.90 Å². The van der Waals surface area contributed by atoms with Crippen LogP contribution in [0.25, 0.3) is 0 Å². The molecular formula is C11H12BrO2-. The van der Waals surface area contributed by atoms with Crippen LogP contribution in [0.5, 0.6) is 0 Å². The van der Waals surface area contributed by atoms with Gasteiger partial charge < -0.3 is 9.90 Å². The number of aryl methyl sites for hydroxylation is 1. The van der Waals surface area contributed by atoms with Gasteiger partial charge >= 0.3 is 0 Å². The number of benzene rings is 1. The first kappa shape index (κ1) is 11.2. The standard InChI is InChI=1S/C11H13BrO2/c12-7-3-6-9-4-1-2-5-10(9)8-11(13)14/h1-2,4-5H,3,6-8H2,(H,13,14)/p-1. The lowest BCUT2D eigenvalue weighted by molar-refractivity contribution is -0.304. The molecule has 0 radical (unpaired) electrons. The summed E-state index contributed by atoms with van der Waals surface area (Å²) < 4.78 is 0. The highest BCUT2D eigenvalue weighted by Crippen LogP contribution is 2.12. The lowest BCUT2D eigenvalue weighted by atomic mass is 10.0. The van der Waals surface area contributed by atoms with Gasteiger partial charge in [0.2, 0.25) is 0 Å². The molecule has 0 heterocycles. The van der Waals surface area contributed by atoms with Crippen LogP contribution >= 0.6 is 15.9 Å². The first-order valence-corrected chi connectivity index (χ1v) is 5.68. The Hall–Kier alpha value is -0.830. The quantitative estimate of drug-likeness (QED) is 0.745. The van der Waals surface area contributed by atoms with Gasteiger partial charge in [-0.2, -0.15) is 0 Å². The summed E-state index contributed by atoms with van der Waals surface area (Å²) in [7, 11) is 0. The van der Waals surface area contributed by atoms with E-state index in [1.807, 2.05) is 24.3 Å². The highest BCUT2D eigenvalue weighted by molar-refractivity contribution is 9.09. The fourth-order valence-corrected chi connectivity index (χ4v) is 1.67.